The van der Waals surface area contributed by atoms with Crippen LogP contribution in [0.1, 0.15) is 27.7 Å². The third-order valence-corrected chi connectivity index (χ3v) is 3.38. The van der Waals surface area contributed by atoms with Crippen molar-refractivity contribution in [1.29, 1.82) is 0 Å². The predicted octanol–water partition coefficient (Wildman–Crippen LogP) is 0.714. The van der Waals surface area contributed by atoms with Gasteiger partial charge in [0, 0.05) is 13.1 Å². The number of likely N-dealkylation sites (N-methyl/N-ethyl adjacent to an activating group) is 1. The Morgan fingerprint density at radius 3 is 2.58 bits per heavy atom. The lowest BCUT2D eigenvalue weighted by molar-refractivity contribution is -0.274. The van der Waals surface area contributed by atoms with Gasteiger partial charge in [-0.25, -0.2) is 0 Å². The minimum atomic E-state index is -0.550. The van der Waals surface area contributed by atoms with Gasteiger partial charge in [0.15, 0.2) is 0 Å². The summed E-state index contributed by atoms with van der Waals surface area (Å²) in [7, 11) is 7.91. The van der Waals surface area contributed by atoms with Crippen molar-refractivity contribution < 1.29 is 19.0 Å². The maximum atomic E-state index is 6.03. The Balaban J connectivity index is 2.18. The molecule has 0 N–H and O–H groups in total. The van der Waals surface area contributed by atoms with E-state index in [0.29, 0.717) is 13.2 Å². The highest BCUT2D eigenvalue weighted by molar-refractivity contribution is 6.11. The fourth-order valence-corrected chi connectivity index (χ4v) is 2.71. The summed E-state index contributed by atoms with van der Waals surface area (Å²) in [5, 5.41) is 1.77. The second-order valence-electron chi connectivity index (χ2n) is 5.97. The first-order chi connectivity index (χ1) is 8.84. The van der Waals surface area contributed by atoms with Crippen molar-refractivity contribution in [2.45, 2.75) is 63.7 Å². The van der Waals surface area contributed by atoms with E-state index < -0.39 is 11.6 Å². The van der Waals surface area contributed by atoms with Gasteiger partial charge >= 0.3 is 0 Å². The Morgan fingerprint density at radius 2 is 2.00 bits per heavy atom. The molecule has 0 amide bonds. The molecule has 2 heterocycles. The van der Waals surface area contributed by atoms with E-state index in [1.165, 1.54) is 0 Å². The molecule has 108 valence electrons. The van der Waals surface area contributed by atoms with Crippen molar-refractivity contribution in [2.24, 2.45) is 0 Å². The summed E-state index contributed by atoms with van der Waals surface area (Å²) >= 11 is 0. The van der Waals surface area contributed by atoms with E-state index in [1.54, 1.807) is 5.06 Å². The Bertz CT molecular complexity index is 311. The largest absolute Gasteiger partial charge is 0.376 e. The van der Waals surface area contributed by atoms with Crippen LogP contribution in [0.4, 0.5) is 0 Å². The van der Waals surface area contributed by atoms with Crippen LogP contribution >= 0.6 is 0 Å². The molecule has 2 aliphatic rings. The van der Waals surface area contributed by atoms with Gasteiger partial charge in [-0.05, 0) is 27.7 Å². The highest BCUT2D eigenvalue weighted by Gasteiger charge is 2.59. The molecule has 0 spiro atoms. The molecule has 19 heavy (non-hydrogen) atoms. The van der Waals surface area contributed by atoms with Gasteiger partial charge in [-0.3, -0.25) is 4.84 Å². The van der Waals surface area contributed by atoms with Crippen LogP contribution in [-0.4, -0.2) is 69.1 Å². The lowest BCUT2D eigenvalue weighted by Gasteiger charge is -2.43. The second-order valence-corrected chi connectivity index (χ2v) is 5.97. The molecule has 0 aromatic heterocycles. The number of hydroxylamine groups is 2. The number of rotatable bonds is 5. The molecule has 1 unspecified atom stereocenters. The van der Waals surface area contributed by atoms with Gasteiger partial charge in [0.1, 0.15) is 25.7 Å². The van der Waals surface area contributed by atoms with Gasteiger partial charge in [0.05, 0.1) is 25.4 Å². The molecule has 2 saturated heterocycles. The van der Waals surface area contributed by atoms with Gasteiger partial charge in [0.2, 0.25) is 0 Å². The molecule has 2 aliphatic heterocycles. The summed E-state index contributed by atoms with van der Waals surface area (Å²) in [5.41, 5.74) is -0.550. The van der Waals surface area contributed by atoms with Crippen LogP contribution < -0.4 is 0 Å². The summed E-state index contributed by atoms with van der Waals surface area (Å²) < 4.78 is 17.7. The number of hydrogen-bond acceptors (Lipinski definition) is 5. The Labute approximate surface area is 116 Å². The zero-order valence-electron chi connectivity index (χ0n) is 12.5. The number of ether oxygens (including phenoxy) is 3. The molecule has 0 aromatic carbocycles. The zero-order valence-corrected chi connectivity index (χ0v) is 12.5. The highest BCUT2D eigenvalue weighted by Crippen LogP contribution is 2.40. The third-order valence-electron chi connectivity index (χ3n) is 3.38. The predicted molar refractivity (Wildman–Crippen MR) is 72.0 cm³/mol. The minimum Gasteiger partial charge on any atom is -0.376 e. The van der Waals surface area contributed by atoms with E-state index in [-0.39, 0.29) is 24.4 Å². The summed E-state index contributed by atoms with van der Waals surface area (Å²) in [5.74, 6) is 0. The molecule has 0 aliphatic carbocycles. The molecule has 0 saturated carbocycles. The van der Waals surface area contributed by atoms with Gasteiger partial charge in [-0.2, -0.15) is 5.06 Å². The lowest BCUT2D eigenvalue weighted by Crippen LogP contribution is -2.61. The van der Waals surface area contributed by atoms with Crippen molar-refractivity contribution in [3.8, 4) is 0 Å². The normalized spacial score (nSPS) is 39.4. The maximum absolute atomic E-state index is 6.03. The Hall–Kier alpha value is -0.135. The monoisotopic (exact) mass is 269 g/mol. The summed E-state index contributed by atoms with van der Waals surface area (Å²) in [6.07, 6.45) is -0.248. The van der Waals surface area contributed by atoms with E-state index in [9.17, 15) is 0 Å². The van der Waals surface area contributed by atoms with Crippen molar-refractivity contribution in [1.82, 2.24) is 5.06 Å². The molecule has 0 aromatic rings. The average molecular weight is 269 g/mol. The maximum Gasteiger partial charge on any atom is 0.134 e. The van der Waals surface area contributed by atoms with Crippen LogP contribution in [0.15, 0.2) is 0 Å². The summed E-state index contributed by atoms with van der Waals surface area (Å²) in [4.78, 5) is 5.74. The van der Waals surface area contributed by atoms with Crippen LogP contribution in [0.25, 0.3) is 0 Å². The van der Waals surface area contributed by atoms with Crippen LogP contribution in [0.3, 0.4) is 0 Å². The van der Waals surface area contributed by atoms with Gasteiger partial charge < -0.3 is 14.2 Å². The van der Waals surface area contributed by atoms with E-state index in [4.69, 9.17) is 26.9 Å². The van der Waals surface area contributed by atoms with Gasteiger partial charge in [-0.15, -0.1) is 0 Å². The molecule has 2 radical (unpaired) electrons. The number of nitrogens with zero attached hydrogens (tertiary/aromatic N) is 1. The topological polar surface area (TPSA) is 40.2 Å². The Morgan fingerprint density at radius 1 is 1.32 bits per heavy atom. The van der Waals surface area contributed by atoms with E-state index >= 15 is 0 Å². The lowest BCUT2D eigenvalue weighted by atomic mass is 9.88. The summed E-state index contributed by atoms with van der Waals surface area (Å²) in [6.45, 7) is 9.05. The smallest absolute Gasteiger partial charge is 0.134 e. The van der Waals surface area contributed by atoms with Crippen molar-refractivity contribution in [3.05, 3.63) is 0 Å². The minimum absolute atomic E-state index is 0.0897. The Kier molecular flexibility index (Phi) is 4.57. The van der Waals surface area contributed by atoms with Crippen LogP contribution in [0.2, 0.25) is 0 Å². The highest BCUT2D eigenvalue weighted by atomic mass is 16.7. The molecular weight excluding hydrogens is 245 g/mol. The standard InChI is InChI=1S/C13H24BNO4/c1-8(2)16-7-13-6-15(5)19-10(12(14)18-13)11(13)17-9(3)4/h8-12H,6-7H2,1-5H3/t10-,11?,12+,13+/m0/s1. The summed E-state index contributed by atoms with van der Waals surface area (Å²) in [6, 6.07) is -0.482. The van der Waals surface area contributed by atoms with Crippen molar-refractivity contribution >= 4 is 7.85 Å². The van der Waals surface area contributed by atoms with Gasteiger partial charge in [0.25, 0.3) is 0 Å². The van der Waals surface area contributed by atoms with E-state index in [2.05, 4.69) is 0 Å². The molecular formula is C13H24BNO4. The number of fused-ring (bicyclic) bond motifs is 2. The average Bonchev–Trinajstić information content (AvgIpc) is 2.44. The molecule has 2 rings (SSSR count). The first-order valence-corrected chi connectivity index (χ1v) is 6.92. The molecule has 5 nitrogen and oxygen atoms in total. The third kappa shape index (κ3) is 3.14. The molecule has 2 fully saturated rings. The van der Waals surface area contributed by atoms with Crippen molar-refractivity contribution in [2.75, 3.05) is 20.2 Å². The number of hydrogen-bond donors (Lipinski definition) is 0. The first-order valence-electron chi connectivity index (χ1n) is 6.92. The van der Waals surface area contributed by atoms with E-state index in [1.807, 2.05) is 34.7 Å². The molecule has 6 heteroatoms. The quantitative estimate of drug-likeness (QED) is 0.688. The van der Waals surface area contributed by atoms with Crippen LogP contribution in [0.5, 0.6) is 0 Å². The van der Waals surface area contributed by atoms with Crippen LogP contribution in [-0.2, 0) is 19.0 Å². The second kappa shape index (κ2) is 5.70. The fourth-order valence-electron chi connectivity index (χ4n) is 2.71. The van der Waals surface area contributed by atoms with Crippen LogP contribution in [0, 0.1) is 0 Å². The van der Waals surface area contributed by atoms with Crippen molar-refractivity contribution in [3.63, 3.8) is 0 Å². The molecule has 4 atom stereocenters. The SMILES string of the molecule is [B][C@@H]1O[C@@]2(COC(C)C)CN(C)O[C@H]1C2OC(C)C. The van der Waals surface area contributed by atoms with E-state index in [0.717, 1.165) is 0 Å². The zero-order chi connectivity index (χ0) is 14.2. The van der Waals surface area contributed by atoms with Gasteiger partial charge in [-0.1, -0.05) is 0 Å². The molecule has 2 bridgehead atoms. The first kappa shape index (κ1) is 15.3. The fraction of sp³-hybridized carbons (Fsp3) is 1.00.